The monoisotopic (exact) mass is 204 g/mol. The number of ether oxygens (including phenoxy) is 1. The lowest BCUT2D eigenvalue weighted by Gasteiger charge is -2.13. The van der Waals surface area contributed by atoms with Gasteiger partial charge in [-0.05, 0) is 5.22 Å². The van der Waals surface area contributed by atoms with Crippen LogP contribution >= 0.6 is 0 Å². The average molecular weight is 204 g/mol. The zero-order valence-corrected chi connectivity index (χ0v) is 6.47. The molecule has 10 nitrogen and oxygen atoms in total. The minimum absolute atomic E-state index is 0.296. The number of nitrogens with zero attached hydrogens (tertiary/aromatic N) is 4. The van der Waals surface area contributed by atoms with Gasteiger partial charge in [0.15, 0.2) is 0 Å². The van der Waals surface area contributed by atoms with Gasteiger partial charge in [-0.2, -0.15) is 0 Å². The van der Waals surface area contributed by atoms with Crippen molar-refractivity contribution in [3.8, 4) is 0 Å². The summed E-state index contributed by atoms with van der Waals surface area (Å²) in [6, 6.07) is 0. The van der Waals surface area contributed by atoms with Gasteiger partial charge in [0.25, 0.3) is 6.23 Å². The second kappa shape index (κ2) is 4.02. The minimum Gasteiger partial charge on any atom is -0.450 e. The Kier molecular flexibility index (Phi) is 2.79. The molecule has 76 valence electrons. The minimum atomic E-state index is -1.63. The summed E-state index contributed by atoms with van der Waals surface area (Å²) in [5.74, 6) is 0. The Morgan fingerprint density at radius 1 is 1.36 bits per heavy atom. The first kappa shape index (κ1) is 9.70. The maximum absolute atomic E-state index is 10.0. The van der Waals surface area contributed by atoms with Gasteiger partial charge in [0.1, 0.15) is 0 Å². The molecule has 14 heavy (non-hydrogen) atoms. The molecule has 0 spiro atoms. The summed E-state index contributed by atoms with van der Waals surface area (Å²) in [6.45, 7) is 0. The molecule has 0 aromatic rings. The first-order valence-corrected chi connectivity index (χ1v) is 3.13. The maximum atomic E-state index is 10.0. The number of hydrazone groups is 1. The average Bonchev–Trinajstić information content (AvgIpc) is 2.06. The molecule has 0 fully saturated rings. The maximum Gasteiger partial charge on any atom is 0.533 e. The second-order valence-electron chi connectivity index (χ2n) is 1.85. The highest BCUT2D eigenvalue weighted by atomic mass is 16.8. The first-order valence-electron chi connectivity index (χ1n) is 3.13. The second-order valence-corrected chi connectivity index (χ2v) is 1.85. The highest BCUT2D eigenvalue weighted by molar-refractivity contribution is 5.67. The molecule has 1 heterocycles. The van der Waals surface area contributed by atoms with Crippen molar-refractivity contribution < 1.29 is 29.4 Å². The van der Waals surface area contributed by atoms with E-state index in [0.29, 0.717) is 5.28 Å². The van der Waals surface area contributed by atoms with E-state index in [9.17, 15) is 9.59 Å². The number of rotatable bonds is 2. The molecule has 0 amide bonds. The van der Waals surface area contributed by atoms with Gasteiger partial charge in [0, 0.05) is 5.28 Å². The van der Waals surface area contributed by atoms with E-state index in [4.69, 9.17) is 10.2 Å². The molecule has 0 bridgehead atoms. The molecule has 0 aromatic heterocycles. The van der Waals surface area contributed by atoms with Gasteiger partial charge in [-0.15, -0.1) is 10.2 Å². The fourth-order valence-electron chi connectivity index (χ4n) is 0.531. The van der Waals surface area contributed by atoms with Crippen LogP contribution in [0.5, 0.6) is 0 Å². The van der Waals surface area contributed by atoms with E-state index >= 15 is 0 Å². The smallest absolute Gasteiger partial charge is 0.450 e. The first-order chi connectivity index (χ1) is 6.58. The summed E-state index contributed by atoms with van der Waals surface area (Å²) in [6.07, 6.45) is -3.46. The van der Waals surface area contributed by atoms with E-state index in [1.807, 2.05) is 0 Å². The predicted molar refractivity (Wildman–Crippen MR) is 37.2 cm³/mol. The molecule has 1 aliphatic rings. The summed E-state index contributed by atoms with van der Waals surface area (Å²) >= 11 is 0. The van der Waals surface area contributed by atoms with Crippen LogP contribution in [0.25, 0.3) is 0 Å². The van der Waals surface area contributed by atoms with Gasteiger partial charge >= 0.3 is 12.3 Å². The molecule has 2 N–H and O–H groups in total. The molecule has 1 rings (SSSR count). The lowest BCUT2D eigenvalue weighted by Crippen LogP contribution is -2.24. The molecule has 1 atom stereocenters. The van der Waals surface area contributed by atoms with Crippen LogP contribution in [0.15, 0.2) is 15.4 Å². The Morgan fingerprint density at radius 2 is 2.07 bits per heavy atom. The van der Waals surface area contributed by atoms with Gasteiger partial charge < -0.3 is 14.9 Å². The van der Waals surface area contributed by atoms with Crippen molar-refractivity contribution in [1.82, 2.24) is 5.28 Å². The van der Waals surface area contributed by atoms with E-state index in [1.54, 1.807) is 0 Å². The van der Waals surface area contributed by atoms with E-state index < -0.39 is 18.5 Å². The fraction of sp³-hybridized carbons (Fsp3) is 0.250. The summed E-state index contributed by atoms with van der Waals surface area (Å²) < 4.78 is 4.12. The van der Waals surface area contributed by atoms with E-state index in [0.717, 1.165) is 6.21 Å². The number of hydrogen-bond acceptors (Lipinski definition) is 8. The van der Waals surface area contributed by atoms with Crippen molar-refractivity contribution in [3.05, 3.63) is 0 Å². The van der Waals surface area contributed by atoms with E-state index in [2.05, 4.69) is 25.0 Å². The third kappa shape index (κ3) is 2.92. The van der Waals surface area contributed by atoms with Crippen LogP contribution in [0, 0.1) is 0 Å². The van der Waals surface area contributed by atoms with Gasteiger partial charge in [0.2, 0.25) is 0 Å². The molecular weight excluding hydrogens is 200 g/mol. The largest absolute Gasteiger partial charge is 0.533 e. The van der Waals surface area contributed by atoms with Gasteiger partial charge in [-0.1, -0.05) is 0 Å². The Morgan fingerprint density at radius 3 is 2.50 bits per heavy atom. The molecule has 1 aliphatic heterocycles. The molecule has 1 unspecified atom stereocenters. The van der Waals surface area contributed by atoms with Gasteiger partial charge in [-0.3, -0.25) is 4.84 Å². The van der Waals surface area contributed by atoms with Crippen LogP contribution in [0.4, 0.5) is 9.59 Å². The van der Waals surface area contributed by atoms with Crippen LogP contribution in [0.1, 0.15) is 0 Å². The molecule has 0 saturated heterocycles. The van der Waals surface area contributed by atoms with Crippen LogP contribution < -0.4 is 0 Å². The van der Waals surface area contributed by atoms with Crippen LogP contribution in [0.2, 0.25) is 0 Å². The Labute approximate surface area is 76.0 Å². The van der Waals surface area contributed by atoms with E-state index in [-0.39, 0.29) is 0 Å². The third-order valence-corrected chi connectivity index (χ3v) is 0.916. The molecule has 10 heteroatoms. The Balaban J connectivity index is 2.44. The van der Waals surface area contributed by atoms with Crippen molar-refractivity contribution in [1.29, 1.82) is 0 Å². The van der Waals surface area contributed by atoms with Crippen molar-refractivity contribution in [2.75, 3.05) is 0 Å². The fourth-order valence-corrected chi connectivity index (χ4v) is 0.531. The highest BCUT2D eigenvalue weighted by Crippen LogP contribution is 2.04. The molecule has 0 radical (unpaired) electrons. The van der Waals surface area contributed by atoms with Gasteiger partial charge in [-0.25, -0.2) is 9.59 Å². The summed E-state index contributed by atoms with van der Waals surface area (Å²) in [4.78, 5) is 23.9. The topological polar surface area (TPSA) is 133 Å². The zero-order valence-electron chi connectivity index (χ0n) is 6.47. The lowest BCUT2D eigenvalue weighted by molar-refractivity contribution is -0.130. The quantitative estimate of drug-likeness (QED) is 0.617. The third-order valence-electron chi connectivity index (χ3n) is 0.916. The lowest BCUT2D eigenvalue weighted by atomic mass is 10.6. The predicted octanol–water partition coefficient (Wildman–Crippen LogP) is 0.285. The summed E-state index contributed by atoms with van der Waals surface area (Å²) in [5.41, 5.74) is 0. The number of hydrogen-bond donors (Lipinski definition) is 2. The normalized spacial score (nSPS) is 19.1. The molecule has 0 aromatic carbocycles. The van der Waals surface area contributed by atoms with Crippen LogP contribution in [0.3, 0.4) is 0 Å². The Hall–Kier alpha value is -2.39. The summed E-state index contributed by atoms with van der Waals surface area (Å²) in [7, 11) is 0. The van der Waals surface area contributed by atoms with Crippen LogP contribution in [-0.2, 0) is 9.57 Å². The van der Waals surface area contributed by atoms with Crippen molar-refractivity contribution in [2.24, 2.45) is 15.4 Å². The standard InChI is InChI=1S/C4H4N4O6/c9-3(10)13-2-1-5-8(7-6-2)14-4(11)12/h1-2H,(H,9,10)(H,11,12). The van der Waals surface area contributed by atoms with Crippen LogP contribution in [-0.4, -0.2) is 40.2 Å². The summed E-state index contributed by atoms with van der Waals surface area (Å²) in [5, 5.41) is 26.1. The van der Waals surface area contributed by atoms with Gasteiger partial charge in [0.05, 0.1) is 6.21 Å². The van der Waals surface area contributed by atoms with Crippen molar-refractivity contribution >= 4 is 18.5 Å². The highest BCUT2D eigenvalue weighted by Gasteiger charge is 2.17. The van der Waals surface area contributed by atoms with E-state index in [1.165, 1.54) is 0 Å². The Bertz CT molecular complexity index is 258. The zero-order chi connectivity index (χ0) is 10.6. The van der Waals surface area contributed by atoms with Crippen molar-refractivity contribution in [2.45, 2.75) is 6.23 Å². The number of carbonyl (C=O) groups is 2. The van der Waals surface area contributed by atoms with Crippen molar-refractivity contribution in [3.63, 3.8) is 0 Å². The molecule has 0 saturated carbocycles. The number of carboxylic acid groups (broad SMARTS) is 2. The molecular formula is C4H4N4O6. The SMILES string of the molecule is O=C(O)OC1C=NN(OC(=O)O)N=N1. The molecule has 0 aliphatic carbocycles.